The minimum absolute atomic E-state index is 0.0523. The Bertz CT molecular complexity index is 640. The molecule has 1 aromatic heterocycles. The molecule has 1 fully saturated rings. The van der Waals surface area contributed by atoms with Crippen molar-refractivity contribution in [2.45, 2.75) is 12.5 Å². The van der Waals surface area contributed by atoms with Gasteiger partial charge in [-0.2, -0.15) is 0 Å². The average molecular weight is 272 g/mol. The zero-order valence-electron chi connectivity index (χ0n) is 11.2. The van der Waals surface area contributed by atoms with Crippen molar-refractivity contribution < 1.29 is 9.53 Å². The summed E-state index contributed by atoms with van der Waals surface area (Å²) in [6.45, 7) is 3.61. The third kappa shape index (κ3) is 2.76. The number of aromatic nitrogens is 2. The van der Waals surface area contributed by atoms with Gasteiger partial charge in [-0.05, 0) is 25.1 Å². The molecule has 0 spiro atoms. The number of hydrogen-bond acceptors (Lipinski definition) is 5. The molecule has 1 saturated heterocycles. The quantitative estimate of drug-likeness (QED) is 0.866. The van der Waals surface area contributed by atoms with Crippen molar-refractivity contribution in [3.63, 3.8) is 0 Å². The minimum atomic E-state index is -0.216. The third-order valence-electron chi connectivity index (χ3n) is 3.30. The van der Waals surface area contributed by atoms with Crippen LogP contribution in [0, 0.1) is 0 Å². The minimum Gasteiger partial charge on any atom is -0.363 e. The number of benzene rings is 1. The lowest BCUT2D eigenvalue weighted by Gasteiger charge is -2.38. The van der Waals surface area contributed by atoms with Gasteiger partial charge in [0.05, 0.1) is 16.6 Å². The number of fused-ring (bicyclic) bond motifs is 1. The van der Waals surface area contributed by atoms with E-state index in [2.05, 4.69) is 20.6 Å². The predicted octanol–water partition coefficient (Wildman–Crippen LogP) is 0.947. The number of carbonyl (C=O) groups is 1. The Labute approximate surface area is 116 Å². The Kier molecular flexibility index (Phi) is 3.33. The highest BCUT2D eigenvalue weighted by Gasteiger charge is 2.32. The van der Waals surface area contributed by atoms with E-state index in [0.29, 0.717) is 5.69 Å². The van der Waals surface area contributed by atoms with Crippen LogP contribution in [0.5, 0.6) is 0 Å². The molecule has 6 nitrogen and oxygen atoms in total. The molecule has 1 aliphatic heterocycles. The van der Waals surface area contributed by atoms with Gasteiger partial charge in [0.2, 0.25) is 5.91 Å². The summed E-state index contributed by atoms with van der Waals surface area (Å²) in [6.07, 6.45) is 3.27. The number of ether oxygens (including phenoxy) is 1. The highest BCUT2D eigenvalue weighted by molar-refractivity contribution is 5.93. The number of carbonyl (C=O) groups excluding carboxylic acids is 1. The van der Waals surface area contributed by atoms with E-state index >= 15 is 0 Å². The molecule has 104 valence electrons. The summed E-state index contributed by atoms with van der Waals surface area (Å²) in [5, 5.41) is 5.93. The predicted molar refractivity (Wildman–Crippen MR) is 75.4 cm³/mol. The first-order valence-electron chi connectivity index (χ1n) is 6.50. The number of amides is 1. The zero-order valence-corrected chi connectivity index (χ0v) is 11.2. The van der Waals surface area contributed by atoms with E-state index in [1.165, 1.54) is 0 Å². The van der Waals surface area contributed by atoms with Crippen molar-refractivity contribution in [1.82, 2.24) is 15.3 Å². The van der Waals surface area contributed by atoms with Gasteiger partial charge in [0.15, 0.2) is 0 Å². The molecule has 0 aliphatic carbocycles. The lowest BCUT2D eigenvalue weighted by Crippen LogP contribution is -2.59. The Morgan fingerprint density at radius 2 is 2.10 bits per heavy atom. The van der Waals surface area contributed by atoms with Gasteiger partial charge in [-0.1, -0.05) is 0 Å². The molecule has 2 N–H and O–H groups in total. The molecule has 3 rings (SSSR count). The van der Waals surface area contributed by atoms with Crippen molar-refractivity contribution in [2.24, 2.45) is 0 Å². The molecule has 0 radical (unpaired) electrons. The topological polar surface area (TPSA) is 76.1 Å². The molecule has 0 bridgehead atoms. The zero-order chi connectivity index (χ0) is 14.0. The molecule has 2 heterocycles. The van der Waals surface area contributed by atoms with E-state index in [9.17, 15) is 4.79 Å². The van der Waals surface area contributed by atoms with Gasteiger partial charge in [-0.3, -0.25) is 14.8 Å². The molecule has 1 amide bonds. The van der Waals surface area contributed by atoms with E-state index < -0.39 is 0 Å². The number of rotatable bonds is 4. The van der Waals surface area contributed by atoms with E-state index in [-0.39, 0.29) is 18.1 Å². The monoisotopic (exact) mass is 272 g/mol. The van der Waals surface area contributed by atoms with E-state index in [0.717, 1.165) is 24.1 Å². The van der Waals surface area contributed by atoms with Gasteiger partial charge >= 0.3 is 0 Å². The van der Waals surface area contributed by atoms with Gasteiger partial charge < -0.3 is 15.4 Å². The summed E-state index contributed by atoms with van der Waals surface area (Å²) in [6, 6.07) is 5.43. The average Bonchev–Trinajstić information content (AvgIpc) is 2.43. The Hall–Kier alpha value is -2.05. The molecule has 20 heavy (non-hydrogen) atoms. The van der Waals surface area contributed by atoms with Crippen molar-refractivity contribution in [1.29, 1.82) is 0 Å². The molecule has 2 aromatic rings. The highest BCUT2D eigenvalue weighted by Crippen LogP contribution is 2.17. The van der Waals surface area contributed by atoms with Gasteiger partial charge in [0.25, 0.3) is 0 Å². The van der Waals surface area contributed by atoms with Gasteiger partial charge in [-0.25, -0.2) is 0 Å². The molecule has 1 aliphatic rings. The second-order valence-corrected chi connectivity index (χ2v) is 5.15. The fourth-order valence-corrected chi connectivity index (χ4v) is 2.06. The molecule has 6 heteroatoms. The number of anilines is 1. The van der Waals surface area contributed by atoms with Gasteiger partial charge in [0.1, 0.15) is 6.61 Å². The highest BCUT2D eigenvalue weighted by atomic mass is 16.5. The molecule has 0 atom stereocenters. The second kappa shape index (κ2) is 5.15. The first-order valence-corrected chi connectivity index (χ1v) is 6.50. The molecule has 0 unspecified atom stereocenters. The summed E-state index contributed by atoms with van der Waals surface area (Å²) in [5.74, 6) is -0.165. The van der Waals surface area contributed by atoms with Crippen LogP contribution in [-0.4, -0.2) is 41.2 Å². The van der Waals surface area contributed by atoms with E-state index in [1.807, 2.05) is 19.1 Å². The number of nitrogens with one attached hydrogen (secondary N) is 2. The fourth-order valence-electron chi connectivity index (χ4n) is 2.06. The SMILES string of the molecule is CC1(OCC(=O)Nc2ccc3nccnc3c2)CNC1. The molecular formula is C14H16N4O2. The van der Waals surface area contributed by atoms with Crippen LogP contribution in [0.25, 0.3) is 11.0 Å². The third-order valence-corrected chi connectivity index (χ3v) is 3.30. The first kappa shape index (κ1) is 13.0. The van der Waals surface area contributed by atoms with Crippen molar-refractivity contribution >= 4 is 22.6 Å². The van der Waals surface area contributed by atoms with Crippen LogP contribution in [0.15, 0.2) is 30.6 Å². The molecular weight excluding hydrogens is 256 g/mol. The van der Waals surface area contributed by atoms with Crippen LogP contribution in [0.4, 0.5) is 5.69 Å². The van der Waals surface area contributed by atoms with Crippen LogP contribution in [-0.2, 0) is 9.53 Å². The lowest BCUT2D eigenvalue weighted by atomic mass is 10.0. The maximum absolute atomic E-state index is 11.8. The maximum atomic E-state index is 11.8. The molecule has 1 aromatic carbocycles. The van der Waals surface area contributed by atoms with Crippen LogP contribution < -0.4 is 10.6 Å². The Balaban J connectivity index is 1.62. The Morgan fingerprint density at radius 3 is 2.80 bits per heavy atom. The summed E-state index contributed by atoms with van der Waals surface area (Å²) in [7, 11) is 0. The van der Waals surface area contributed by atoms with Gasteiger partial charge in [0, 0.05) is 31.2 Å². The van der Waals surface area contributed by atoms with E-state index in [1.54, 1.807) is 18.5 Å². The number of nitrogens with zero attached hydrogens (tertiary/aromatic N) is 2. The second-order valence-electron chi connectivity index (χ2n) is 5.15. The first-order chi connectivity index (χ1) is 9.65. The fraction of sp³-hybridized carbons (Fsp3) is 0.357. The largest absolute Gasteiger partial charge is 0.363 e. The normalized spacial score (nSPS) is 16.6. The van der Waals surface area contributed by atoms with Crippen LogP contribution in [0.3, 0.4) is 0 Å². The van der Waals surface area contributed by atoms with Crippen molar-refractivity contribution in [3.8, 4) is 0 Å². The molecule has 0 saturated carbocycles. The van der Waals surface area contributed by atoms with Crippen LogP contribution in [0.1, 0.15) is 6.92 Å². The number of hydrogen-bond donors (Lipinski definition) is 2. The Morgan fingerprint density at radius 1 is 1.35 bits per heavy atom. The summed E-state index contributed by atoms with van der Waals surface area (Å²) < 4.78 is 5.58. The smallest absolute Gasteiger partial charge is 0.250 e. The van der Waals surface area contributed by atoms with Gasteiger partial charge in [-0.15, -0.1) is 0 Å². The van der Waals surface area contributed by atoms with E-state index in [4.69, 9.17) is 4.74 Å². The summed E-state index contributed by atoms with van der Waals surface area (Å²) in [5.41, 5.74) is 2.03. The van der Waals surface area contributed by atoms with Crippen LogP contribution in [0.2, 0.25) is 0 Å². The summed E-state index contributed by atoms with van der Waals surface area (Å²) in [4.78, 5) is 20.2. The standard InChI is InChI=1S/C14H16N4O2/c1-14(8-15-9-14)20-7-13(19)18-10-2-3-11-12(6-10)17-5-4-16-11/h2-6,15H,7-9H2,1H3,(H,18,19). The van der Waals surface area contributed by atoms with Crippen LogP contribution >= 0.6 is 0 Å². The summed E-state index contributed by atoms with van der Waals surface area (Å²) >= 11 is 0. The lowest BCUT2D eigenvalue weighted by molar-refractivity contribution is -0.130. The maximum Gasteiger partial charge on any atom is 0.250 e. The van der Waals surface area contributed by atoms with Crippen molar-refractivity contribution in [2.75, 3.05) is 25.0 Å². The van der Waals surface area contributed by atoms with Crippen molar-refractivity contribution in [3.05, 3.63) is 30.6 Å².